The molecule has 2 fully saturated rings. The van der Waals surface area contributed by atoms with Crippen LogP contribution in [0.5, 0.6) is 11.5 Å². The van der Waals surface area contributed by atoms with Crippen molar-refractivity contribution in [1.29, 1.82) is 0 Å². The number of hydrogen-bond acceptors (Lipinski definition) is 4. The maximum Gasteiger partial charge on any atom is 0.252 e. The molecule has 32 heavy (non-hydrogen) atoms. The fourth-order valence-electron chi connectivity index (χ4n) is 6.07. The van der Waals surface area contributed by atoms with Gasteiger partial charge in [0.05, 0.1) is 13.7 Å². The van der Waals surface area contributed by atoms with Gasteiger partial charge in [-0.1, -0.05) is 25.1 Å². The Morgan fingerprint density at radius 1 is 1.03 bits per heavy atom. The maximum absolute atomic E-state index is 12.1. The van der Waals surface area contributed by atoms with Crippen molar-refractivity contribution < 1.29 is 14.3 Å². The van der Waals surface area contributed by atoms with Crippen LogP contribution in [-0.2, 0) is 6.54 Å². The highest BCUT2D eigenvalue weighted by molar-refractivity contribution is 5.98. The molecule has 5 nitrogen and oxygen atoms in total. The van der Waals surface area contributed by atoms with E-state index in [-0.39, 0.29) is 5.91 Å². The van der Waals surface area contributed by atoms with Crippen molar-refractivity contribution in [2.45, 2.75) is 63.6 Å². The van der Waals surface area contributed by atoms with E-state index in [2.05, 4.69) is 41.4 Å². The second-order valence-electron chi connectivity index (χ2n) is 9.55. The fraction of sp³-hybridized carbons (Fsp3) is 0.519. The number of methoxy groups -OCH3 is 1. The van der Waals surface area contributed by atoms with Crippen LogP contribution >= 0.6 is 0 Å². The molecule has 2 aromatic carbocycles. The summed E-state index contributed by atoms with van der Waals surface area (Å²) in [6, 6.07) is 15.9. The Labute approximate surface area is 191 Å². The Morgan fingerprint density at radius 3 is 2.53 bits per heavy atom. The summed E-state index contributed by atoms with van der Waals surface area (Å²) >= 11 is 0. The smallest absolute Gasteiger partial charge is 0.252 e. The van der Waals surface area contributed by atoms with E-state index in [9.17, 15) is 4.79 Å². The van der Waals surface area contributed by atoms with Crippen molar-refractivity contribution >= 4 is 5.91 Å². The summed E-state index contributed by atoms with van der Waals surface area (Å²) in [5.74, 6) is 2.62. The van der Waals surface area contributed by atoms with Gasteiger partial charge >= 0.3 is 0 Å². The number of amides is 1. The van der Waals surface area contributed by atoms with Gasteiger partial charge in [0.15, 0.2) is 0 Å². The van der Waals surface area contributed by atoms with Crippen LogP contribution in [0.4, 0.5) is 0 Å². The van der Waals surface area contributed by atoms with Gasteiger partial charge in [0.1, 0.15) is 11.5 Å². The van der Waals surface area contributed by atoms with Crippen LogP contribution in [0.2, 0.25) is 0 Å². The Balaban J connectivity index is 1.38. The highest BCUT2D eigenvalue weighted by Crippen LogP contribution is 2.44. The number of nitrogens with zero attached hydrogens (tertiary/aromatic N) is 1. The van der Waals surface area contributed by atoms with E-state index >= 15 is 0 Å². The number of nitrogens with one attached hydrogen (secondary N) is 1. The Morgan fingerprint density at radius 2 is 1.78 bits per heavy atom. The molecule has 170 valence electrons. The van der Waals surface area contributed by atoms with Crippen molar-refractivity contribution in [2.75, 3.05) is 20.3 Å². The molecule has 1 N–H and O–H groups in total. The number of ether oxygens (including phenoxy) is 2. The lowest BCUT2D eigenvalue weighted by Crippen LogP contribution is -2.35. The van der Waals surface area contributed by atoms with Crippen molar-refractivity contribution in [3.63, 3.8) is 0 Å². The van der Waals surface area contributed by atoms with Gasteiger partial charge in [0, 0.05) is 30.1 Å². The van der Waals surface area contributed by atoms with E-state index < -0.39 is 0 Å². The van der Waals surface area contributed by atoms with Gasteiger partial charge in [0.25, 0.3) is 5.91 Å². The van der Waals surface area contributed by atoms with Crippen LogP contribution in [0.15, 0.2) is 42.5 Å². The summed E-state index contributed by atoms with van der Waals surface area (Å²) in [5.41, 5.74) is 3.19. The third kappa shape index (κ3) is 4.11. The first-order chi connectivity index (χ1) is 15.7. The SMILES string of the molecule is CCCN1[C@@H]2CC[C@H]1C[C@H](COc1ccc3c(c1)C(=O)NC3)[C@@H](c1ccc(OC)cc1)C2. The first-order valence-electron chi connectivity index (χ1n) is 12.1. The number of fused-ring (bicyclic) bond motifs is 3. The molecule has 5 heteroatoms. The topological polar surface area (TPSA) is 50.8 Å². The number of hydrogen-bond donors (Lipinski definition) is 1. The second-order valence-corrected chi connectivity index (χ2v) is 9.55. The van der Waals surface area contributed by atoms with Gasteiger partial charge in [-0.25, -0.2) is 0 Å². The molecule has 4 atom stereocenters. The lowest BCUT2D eigenvalue weighted by atomic mass is 9.78. The van der Waals surface area contributed by atoms with E-state index in [0.717, 1.165) is 22.6 Å². The van der Waals surface area contributed by atoms with Gasteiger partial charge in [-0.15, -0.1) is 0 Å². The van der Waals surface area contributed by atoms with Crippen LogP contribution in [0.3, 0.4) is 0 Å². The third-order valence-corrected chi connectivity index (χ3v) is 7.70. The number of carbonyl (C=O) groups is 1. The summed E-state index contributed by atoms with van der Waals surface area (Å²) < 4.78 is 11.7. The highest BCUT2D eigenvalue weighted by atomic mass is 16.5. The molecule has 0 aliphatic carbocycles. The minimum Gasteiger partial charge on any atom is -0.497 e. The van der Waals surface area contributed by atoms with Crippen LogP contribution in [-0.4, -0.2) is 43.2 Å². The van der Waals surface area contributed by atoms with Crippen LogP contribution in [0, 0.1) is 5.92 Å². The van der Waals surface area contributed by atoms with Crippen molar-refractivity contribution in [3.8, 4) is 11.5 Å². The monoisotopic (exact) mass is 434 g/mol. The number of benzene rings is 2. The maximum atomic E-state index is 12.1. The molecule has 0 aromatic heterocycles. The first kappa shape index (κ1) is 21.3. The molecule has 0 unspecified atom stereocenters. The summed E-state index contributed by atoms with van der Waals surface area (Å²) in [7, 11) is 1.72. The Hall–Kier alpha value is -2.53. The normalized spacial score (nSPS) is 27.0. The Kier molecular flexibility index (Phi) is 6.09. The van der Waals surface area contributed by atoms with Crippen molar-refractivity contribution in [1.82, 2.24) is 10.2 Å². The third-order valence-electron chi connectivity index (χ3n) is 7.70. The van der Waals surface area contributed by atoms with Crippen LogP contribution in [0.25, 0.3) is 0 Å². The molecule has 0 spiro atoms. The van der Waals surface area contributed by atoms with Gasteiger partial charge in [-0.05, 0) is 80.0 Å². The largest absolute Gasteiger partial charge is 0.497 e. The first-order valence-corrected chi connectivity index (χ1v) is 12.1. The molecular formula is C27H34N2O3. The molecule has 2 saturated heterocycles. The number of rotatable bonds is 7. The zero-order chi connectivity index (χ0) is 22.1. The molecular weight excluding hydrogens is 400 g/mol. The summed E-state index contributed by atoms with van der Waals surface area (Å²) in [6.45, 7) is 4.78. The van der Waals surface area contributed by atoms with E-state index in [1.54, 1.807) is 7.11 Å². The standard InChI is InChI=1S/C27H34N2O3/c1-3-12-29-21-7-8-22(29)14-25(18-4-9-23(31-2)10-5-18)20(13-21)17-32-24-11-6-19-16-28-27(30)26(19)15-24/h4-6,9-11,15,20-22,25H,3,7-8,12-14,16-17H2,1-2H3,(H,28,30)/t20-,21+,22-,25-/m1/s1. The minimum absolute atomic E-state index is 0.00328. The molecule has 2 bridgehead atoms. The second kappa shape index (κ2) is 9.14. The molecule has 0 radical (unpaired) electrons. The lowest BCUT2D eigenvalue weighted by molar-refractivity contribution is 0.0965. The summed E-state index contributed by atoms with van der Waals surface area (Å²) in [5, 5.41) is 2.89. The van der Waals surface area contributed by atoms with Gasteiger partial charge < -0.3 is 14.8 Å². The molecule has 2 aromatic rings. The molecule has 5 rings (SSSR count). The number of carbonyl (C=O) groups excluding carboxylic acids is 1. The average molecular weight is 435 g/mol. The van der Waals surface area contributed by atoms with Crippen LogP contribution in [0.1, 0.15) is 66.4 Å². The van der Waals surface area contributed by atoms with Crippen LogP contribution < -0.4 is 14.8 Å². The predicted octanol–water partition coefficient (Wildman–Crippen LogP) is 4.75. The zero-order valence-electron chi connectivity index (χ0n) is 19.2. The lowest BCUT2D eigenvalue weighted by Gasteiger charge is -2.29. The molecule has 3 aliphatic rings. The van der Waals surface area contributed by atoms with E-state index in [1.165, 1.54) is 44.2 Å². The molecule has 1 amide bonds. The fourth-order valence-corrected chi connectivity index (χ4v) is 6.07. The van der Waals surface area contributed by atoms with E-state index in [4.69, 9.17) is 9.47 Å². The zero-order valence-corrected chi connectivity index (χ0v) is 19.2. The summed E-state index contributed by atoms with van der Waals surface area (Å²) in [6.07, 6.45) is 6.17. The Bertz CT molecular complexity index is 958. The highest BCUT2D eigenvalue weighted by Gasteiger charge is 2.42. The van der Waals surface area contributed by atoms with Crippen molar-refractivity contribution in [2.24, 2.45) is 5.92 Å². The summed E-state index contributed by atoms with van der Waals surface area (Å²) in [4.78, 5) is 14.8. The average Bonchev–Trinajstić information content (AvgIpc) is 3.32. The quantitative estimate of drug-likeness (QED) is 0.683. The molecule has 3 heterocycles. The van der Waals surface area contributed by atoms with E-state index in [0.29, 0.717) is 37.1 Å². The minimum atomic E-state index is 0.00328. The molecule has 3 aliphatic heterocycles. The molecule has 0 saturated carbocycles. The van der Waals surface area contributed by atoms with Gasteiger partial charge in [0.2, 0.25) is 0 Å². The van der Waals surface area contributed by atoms with Gasteiger partial charge in [-0.3, -0.25) is 9.69 Å². The van der Waals surface area contributed by atoms with E-state index in [1.807, 2.05) is 18.2 Å². The van der Waals surface area contributed by atoms with Crippen molar-refractivity contribution in [3.05, 3.63) is 59.2 Å². The predicted molar refractivity (Wildman–Crippen MR) is 125 cm³/mol. The van der Waals surface area contributed by atoms with Gasteiger partial charge in [-0.2, -0.15) is 0 Å².